The van der Waals surface area contributed by atoms with Crippen LogP contribution in [0.25, 0.3) is 16.7 Å². The van der Waals surface area contributed by atoms with Crippen molar-refractivity contribution in [3.8, 4) is 5.69 Å². The van der Waals surface area contributed by atoms with Crippen molar-refractivity contribution in [2.45, 2.75) is 0 Å². The molecule has 0 unspecified atom stereocenters. The molecule has 2 nitrogen and oxygen atoms in total. The Morgan fingerprint density at radius 2 is 1.85 bits per heavy atom. The van der Waals surface area contributed by atoms with Crippen molar-refractivity contribution in [2.75, 3.05) is 0 Å². The van der Waals surface area contributed by atoms with Crippen molar-refractivity contribution in [3.05, 3.63) is 56.2 Å². The summed E-state index contributed by atoms with van der Waals surface area (Å²) >= 11 is 14.3. The summed E-state index contributed by atoms with van der Waals surface area (Å²) < 4.78 is 30.0. The van der Waals surface area contributed by atoms with E-state index in [1.807, 2.05) is 0 Å². The molecule has 3 rings (SSSR count). The molecule has 2 aromatic carbocycles. The van der Waals surface area contributed by atoms with E-state index < -0.39 is 11.6 Å². The molecule has 0 fully saturated rings. The lowest BCUT2D eigenvalue weighted by Gasteiger charge is -2.09. The van der Waals surface area contributed by atoms with E-state index in [4.69, 9.17) is 23.8 Å². The van der Waals surface area contributed by atoms with Gasteiger partial charge in [-0.3, -0.25) is 4.57 Å². The minimum atomic E-state index is -0.728. The first-order chi connectivity index (χ1) is 9.49. The smallest absolute Gasteiger partial charge is 0.183 e. The molecule has 0 amide bonds. The van der Waals surface area contributed by atoms with Crippen LogP contribution in [0, 0.1) is 16.4 Å². The normalized spacial score (nSPS) is 11.2. The van der Waals surface area contributed by atoms with Gasteiger partial charge in [0.25, 0.3) is 0 Å². The fraction of sp³-hybridized carbons (Fsp3) is 0. The summed E-state index contributed by atoms with van der Waals surface area (Å²) in [5, 5.41) is 0.358. The van der Waals surface area contributed by atoms with Crippen LogP contribution in [0.1, 0.15) is 0 Å². The number of H-pyrrole nitrogens is 1. The Morgan fingerprint density at radius 3 is 2.50 bits per heavy atom. The largest absolute Gasteiger partial charge is 0.330 e. The lowest BCUT2D eigenvalue weighted by atomic mass is 10.2. The molecule has 20 heavy (non-hydrogen) atoms. The molecular weight excluding hydrogens is 370 g/mol. The van der Waals surface area contributed by atoms with Crippen LogP contribution < -0.4 is 0 Å². The molecule has 0 aliphatic carbocycles. The Labute approximate surface area is 131 Å². The molecule has 0 aliphatic heterocycles. The van der Waals surface area contributed by atoms with Crippen molar-refractivity contribution in [1.29, 1.82) is 0 Å². The van der Waals surface area contributed by atoms with E-state index in [9.17, 15) is 8.78 Å². The van der Waals surface area contributed by atoms with Crippen molar-refractivity contribution in [3.63, 3.8) is 0 Å². The van der Waals surface area contributed by atoms with Gasteiger partial charge in [-0.1, -0.05) is 33.6 Å². The van der Waals surface area contributed by atoms with Crippen LogP contribution in [0.15, 0.2) is 34.8 Å². The average Bonchev–Trinajstić information content (AvgIpc) is 2.66. The van der Waals surface area contributed by atoms with Crippen molar-refractivity contribution < 1.29 is 8.78 Å². The highest BCUT2D eigenvalue weighted by molar-refractivity contribution is 9.10. The van der Waals surface area contributed by atoms with Crippen LogP contribution in [-0.2, 0) is 0 Å². The second-order valence-corrected chi connectivity index (χ2v) is 5.83. The van der Waals surface area contributed by atoms with E-state index in [2.05, 4.69) is 20.9 Å². The van der Waals surface area contributed by atoms with E-state index in [0.29, 0.717) is 20.5 Å². The summed E-state index contributed by atoms with van der Waals surface area (Å²) in [6, 6.07) is 7.46. The fourth-order valence-electron chi connectivity index (χ4n) is 2.08. The quantitative estimate of drug-likeness (QED) is 0.566. The molecular formula is C13H6BrClF2N2S. The maximum atomic E-state index is 14.1. The van der Waals surface area contributed by atoms with Gasteiger partial charge >= 0.3 is 0 Å². The summed E-state index contributed by atoms with van der Waals surface area (Å²) in [6.45, 7) is 0. The van der Waals surface area contributed by atoms with Gasteiger partial charge in [-0.2, -0.15) is 0 Å². The van der Waals surface area contributed by atoms with Gasteiger partial charge in [0.15, 0.2) is 16.4 Å². The number of imidazole rings is 1. The van der Waals surface area contributed by atoms with Gasteiger partial charge in [0.2, 0.25) is 0 Å². The summed E-state index contributed by atoms with van der Waals surface area (Å²) in [7, 11) is 0. The zero-order chi connectivity index (χ0) is 14.4. The number of aromatic amines is 1. The number of hydrogen-bond donors (Lipinski definition) is 1. The maximum Gasteiger partial charge on any atom is 0.183 e. The van der Waals surface area contributed by atoms with Crippen molar-refractivity contribution >= 4 is 50.8 Å². The minimum absolute atomic E-state index is 0.174. The molecule has 0 atom stereocenters. The van der Waals surface area contributed by atoms with Gasteiger partial charge in [0.05, 0.1) is 16.1 Å². The van der Waals surface area contributed by atoms with Gasteiger partial charge in [-0.25, -0.2) is 8.78 Å². The third-order valence-corrected chi connectivity index (χ3v) is 3.91. The summed E-state index contributed by atoms with van der Waals surface area (Å²) in [5.74, 6) is -1.46. The second-order valence-electron chi connectivity index (χ2n) is 4.12. The van der Waals surface area contributed by atoms with Crippen LogP contribution >= 0.6 is 39.7 Å². The number of para-hydroxylation sites is 1. The first-order valence-corrected chi connectivity index (χ1v) is 7.11. The highest BCUT2D eigenvalue weighted by Crippen LogP contribution is 2.30. The average molecular weight is 376 g/mol. The summed E-state index contributed by atoms with van der Waals surface area (Å²) in [5.41, 5.74) is 0.807. The number of fused-ring (bicyclic) bond motifs is 1. The zero-order valence-electron chi connectivity index (χ0n) is 9.75. The number of hydrogen-bond acceptors (Lipinski definition) is 1. The molecule has 0 aliphatic rings. The van der Waals surface area contributed by atoms with Gasteiger partial charge in [0, 0.05) is 4.47 Å². The maximum absolute atomic E-state index is 14.1. The van der Waals surface area contributed by atoms with E-state index in [0.717, 1.165) is 0 Å². The molecule has 1 aromatic heterocycles. The minimum Gasteiger partial charge on any atom is -0.330 e. The molecule has 1 heterocycles. The molecule has 3 aromatic rings. The zero-order valence-corrected chi connectivity index (χ0v) is 12.9. The second kappa shape index (κ2) is 4.95. The van der Waals surface area contributed by atoms with Crippen LogP contribution in [0.5, 0.6) is 0 Å². The Balaban J connectivity index is 2.48. The van der Waals surface area contributed by atoms with E-state index in [1.54, 1.807) is 18.2 Å². The molecule has 0 saturated heterocycles. The predicted molar refractivity (Wildman–Crippen MR) is 81.1 cm³/mol. The fourth-order valence-corrected chi connectivity index (χ4v) is 3.03. The van der Waals surface area contributed by atoms with Crippen LogP contribution in [0.3, 0.4) is 0 Å². The molecule has 7 heteroatoms. The SMILES string of the molecule is Fc1cc(Br)cc(F)c1-n1c(=S)[nH]c2cccc(Cl)c21. The summed E-state index contributed by atoms with van der Waals surface area (Å²) in [4.78, 5) is 2.88. The van der Waals surface area contributed by atoms with Crippen molar-refractivity contribution in [1.82, 2.24) is 9.55 Å². The highest BCUT2D eigenvalue weighted by atomic mass is 79.9. The Morgan fingerprint density at radius 1 is 1.20 bits per heavy atom. The van der Waals surface area contributed by atoms with E-state index in [-0.39, 0.29) is 10.5 Å². The van der Waals surface area contributed by atoms with Crippen LogP contribution in [0.4, 0.5) is 8.78 Å². The van der Waals surface area contributed by atoms with E-state index >= 15 is 0 Å². The number of rotatable bonds is 1. The number of nitrogens with zero attached hydrogens (tertiary/aromatic N) is 1. The van der Waals surface area contributed by atoms with Crippen molar-refractivity contribution in [2.24, 2.45) is 0 Å². The topological polar surface area (TPSA) is 20.7 Å². The first kappa shape index (κ1) is 13.7. The van der Waals surface area contributed by atoms with E-state index in [1.165, 1.54) is 16.7 Å². The monoisotopic (exact) mass is 374 g/mol. The molecule has 1 N–H and O–H groups in total. The van der Waals surface area contributed by atoms with Gasteiger partial charge < -0.3 is 4.98 Å². The Bertz CT molecular complexity index is 865. The Kier molecular flexibility index (Phi) is 3.40. The molecule has 0 saturated carbocycles. The molecule has 0 radical (unpaired) electrons. The third-order valence-electron chi connectivity index (χ3n) is 2.86. The first-order valence-electron chi connectivity index (χ1n) is 5.53. The lowest BCUT2D eigenvalue weighted by molar-refractivity contribution is 0.569. The predicted octanol–water partition coefficient (Wildman–Crippen LogP) is 5.38. The molecule has 0 bridgehead atoms. The summed E-state index contributed by atoms with van der Waals surface area (Å²) in [6.07, 6.45) is 0. The van der Waals surface area contributed by atoms with Gasteiger partial charge in [-0.05, 0) is 36.5 Å². The van der Waals surface area contributed by atoms with Gasteiger partial charge in [-0.15, -0.1) is 0 Å². The number of benzene rings is 2. The molecule has 102 valence electrons. The van der Waals surface area contributed by atoms with Gasteiger partial charge in [0.1, 0.15) is 5.69 Å². The van der Waals surface area contributed by atoms with Crippen LogP contribution in [0.2, 0.25) is 5.02 Å². The third kappa shape index (κ3) is 2.08. The lowest BCUT2D eigenvalue weighted by Crippen LogP contribution is -2.02. The highest BCUT2D eigenvalue weighted by Gasteiger charge is 2.18. The number of nitrogens with one attached hydrogen (secondary N) is 1. The number of halogens is 4. The molecule has 0 spiro atoms. The Hall–Kier alpha value is -1.24. The standard InChI is InChI=1S/C13H6BrClF2N2S/c14-6-4-8(16)12(9(17)5-6)19-11-7(15)2-1-3-10(11)18-13(19)20/h1-5H,(H,18,20). The number of aromatic nitrogens is 2. The van der Waals surface area contributed by atoms with Crippen LogP contribution in [-0.4, -0.2) is 9.55 Å².